The molecule has 2 N–H and O–H groups in total. The third-order valence-electron chi connectivity index (χ3n) is 3.90. The van der Waals surface area contributed by atoms with Crippen LogP contribution in [0.15, 0.2) is 18.2 Å². The number of hydrogen-bond acceptors (Lipinski definition) is 2. The van der Waals surface area contributed by atoms with Gasteiger partial charge in [0.2, 0.25) is 5.91 Å². The molecule has 1 fully saturated rings. The lowest BCUT2D eigenvalue weighted by Gasteiger charge is -2.21. The van der Waals surface area contributed by atoms with Crippen molar-refractivity contribution in [3.63, 3.8) is 0 Å². The lowest BCUT2D eigenvalue weighted by Crippen LogP contribution is -2.38. The fourth-order valence-electron chi connectivity index (χ4n) is 2.68. The molecule has 3 heteroatoms. The summed E-state index contributed by atoms with van der Waals surface area (Å²) in [6, 6.07) is 6.50. The number of carbonyl (C=O) groups excluding carboxylic acids is 1. The van der Waals surface area contributed by atoms with Crippen molar-refractivity contribution in [2.45, 2.75) is 33.1 Å². The van der Waals surface area contributed by atoms with Crippen LogP contribution in [0.1, 0.15) is 29.5 Å². The van der Waals surface area contributed by atoms with Gasteiger partial charge in [0.05, 0.1) is 0 Å². The van der Waals surface area contributed by atoms with Crippen LogP contribution in [0.3, 0.4) is 0 Å². The Hall–Kier alpha value is -1.35. The summed E-state index contributed by atoms with van der Waals surface area (Å²) in [5.41, 5.74) is 3.94. The standard InChI is InChI=1S/C16H24N2O/c1-12-3-4-14(13(2)11-12)7-10-18-16(19)15-5-8-17-9-6-15/h3-4,11,15,17H,5-10H2,1-2H3,(H,18,19). The topological polar surface area (TPSA) is 41.1 Å². The van der Waals surface area contributed by atoms with Crippen LogP contribution in [0.5, 0.6) is 0 Å². The molecule has 1 aromatic carbocycles. The van der Waals surface area contributed by atoms with Crippen LogP contribution < -0.4 is 10.6 Å². The van der Waals surface area contributed by atoms with Gasteiger partial charge >= 0.3 is 0 Å². The molecular weight excluding hydrogens is 236 g/mol. The molecule has 1 amide bonds. The van der Waals surface area contributed by atoms with Crippen LogP contribution in [0, 0.1) is 19.8 Å². The van der Waals surface area contributed by atoms with Gasteiger partial charge in [-0.3, -0.25) is 4.79 Å². The number of hydrogen-bond donors (Lipinski definition) is 2. The van der Waals surface area contributed by atoms with Crippen molar-refractivity contribution in [1.29, 1.82) is 0 Å². The fourth-order valence-corrected chi connectivity index (χ4v) is 2.68. The van der Waals surface area contributed by atoms with Gasteiger partial charge in [-0.05, 0) is 57.3 Å². The monoisotopic (exact) mass is 260 g/mol. The number of nitrogens with one attached hydrogen (secondary N) is 2. The average Bonchev–Trinajstić information content (AvgIpc) is 2.42. The molecule has 0 aromatic heterocycles. The lowest BCUT2D eigenvalue weighted by molar-refractivity contribution is -0.125. The molecule has 0 aliphatic carbocycles. The second-order valence-corrected chi connectivity index (χ2v) is 5.50. The van der Waals surface area contributed by atoms with Gasteiger partial charge in [-0.2, -0.15) is 0 Å². The minimum atomic E-state index is 0.209. The summed E-state index contributed by atoms with van der Waals surface area (Å²) in [7, 11) is 0. The Balaban J connectivity index is 1.78. The van der Waals surface area contributed by atoms with Gasteiger partial charge < -0.3 is 10.6 Å². The molecule has 1 saturated heterocycles. The van der Waals surface area contributed by atoms with Crippen LogP contribution >= 0.6 is 0 Å². The van der Waals surface area contributed by atoms with Gasteiger partial charge in [0, 0.05) is 12.5 Å². The van der Waals surface area contributed by atoms with Crippen molar-refractivity contribution >= 4 is 5.91 Å². The Kier molecular flexibility index (Phi) is 4.97. The highest BCUT2D eigenvalue weighted by atomic mass is 16.1. The quantitative estimate of drug-likeness (QED) is 0.869. The summed E-state index contributed by atoms with van der Waals surface area (Å²) in [6.07, 6.45) is 2.85. The van der Waals surface area contributed by atoms with E-state index in [9.17, 15) is 4.79 Å². The van der Waals surface area contributed by atoms with Gasteiger partial charge in [0.15, 0.2) is 0 Å². The summed E-state index contributed by atoms with van der Waals surface area (Å²) in [5, 5.41) is 6.36. The van der Waals surface area contributed by atoms with Crippen molar-refractivity contribution in [3.8, 4) is 0 Å². The molecule has 104 valence electrons. The molecule has 0 spiro atoms. The van der Waals surface area contributed by atoms with E-state index in [4.69, 9.17) is 0 Å². The van der Waals surface area contributed by atoms with Gasteiger partial charge in [-0.1, -0.05) is 23.8 Å². The maximum atomic E-state index is 12.0. The predicted octanol–water partition coefficient (Wildman–Crippen LogP) is 1.96. The van der Waals surface area contributed by atoms with Crippen LogP contribution in [-0.2, 0) is 11.2 Å². The first kappa shape index (κ1) is 14.1. The van der Waals surface area contributed by atoms with Gasteiger partial charge in [-0.25, -0.2) is 0 Å². The molecule has 1 aromatic rings. The first-order valence-corrected chi connectivity index (χ1v) is 7.21. The molecule has 1 heterocycles. The molecule has 0 unspecified atom stereocenters. The average molecular weight is 260 g/mol. The Bertz CT molecular complexity index is 436. The third kappa shape index (κ3) is 4.06. The van der Waals surface area contributed by atoms with Crippen molar-refractivity contribution in [2.24, 2.45) is 5.92 Å². The summed E-state index contributed by atoms with van der Waals surface area (Å²) in [4.78, 5) is 12.0. The van der Waals surface area contributed by atoms with E-state index in [1.165, 1.54) is 16.7 Å². The van der Waals surface area contributed by atoms with E-state index in [0.717, 1.165) is 38.9 Å². The van der Waals surface area contributed by atoms with Crippen LogP contribution in [-0.4, -0.2) is 25.5 Å². The summed E-state index contributed by atoms with van der Waals surface area (Å²) < 4.78 is 0. The van der Waals surface area contributed by atoms with E-state index in [2.05, 4.69) is 42.7 Å². The number of carbonyl (C=O) groups is 1. The summed E-state index contributed by atoms with van der Waals surface area (Å²) >= 11 is 0. The number of piperidine rings is 1. The Morgan fingerprint density at radius 2 is 2.05 bits per heavy atom. The molecule has 0 bridgehead atoms. The minimum absolute atomic E-state index is 0.209. The zero-order valence-corrected chi connectivity index (χ0v) is 12.0. The highest BCUT2D eigenvalue weighted by molar-refractivity contribution is 5.78. The van der Waals surface area contributed by atoms with Crippen molar-refractivity contribution in [1.82, 2.24) is 10.6 Å². The fraction of sp³-hybridized carbons (Fsp3) is 0.562. The van der Waals surface area contributed by atoms with Crippen LogP contribution in [0.2, 0.25) is 0 Å². The number of benzene rings is 1. The van der Waals surface area contributed by atoms with Gasteiger partial charge in [-0.15, -0.1) is 0 Å². The van der Waals surface area contributed by atoms with Gasteiger partial charge in [0.25, 0.3) is 0 Å². The maximum Gasteiger partial charge on any atom is 0.223 e. The van der Waals surface area contributed by atoms with E-state index in [1.54, 1.807) is 0 Å². The molecule has 1 aliphatic rings. The first-order chi connectivity index (χ1) is 9.16. The zero-order valence-electron chi connectivity index (χ0n) is 12.0. The maximum absolute atomic E-state index is 12.0. The SMILES string of the molecule is Cc1ccc(CCNC(=O)C2CCNCC2)c(C)c1. The normalized spacial score (nSPS) is 16.3. The predicted molar refractivity (Wildman–Crippen MR) is 78.2 cm³/mol. The van der Waals surface area contributed by atoms with E-state index in [-0.39, 0.29) is 11.8 Å². The molecular formula is C16H24N2O. The third-order valence-corrected chi connectivity index (χ3v) is 3.90. The largest absolute Gasteiger partial charge is 0.356 e. The van der Waals surface area contributed by atoms with E-state index >= 15 is 0 Å². The molecule has 0 atom stereocenters. The molecule has 2 rings (SSSR count). The lowest BCUT2D eigenvalue weighted by atomic mass is 9.97. The number of amides is 1. The second kappa shape index (κ2) is 6.71. The van der Waals surface area contributed by atoms with Crippen molar-refractivity contribution < 1.29 is 4.79 Å². The summed E-state index contributed by atoms with van der Waals surface area (Å²) in [5.74, 6) is 0.437. The van der Waals surface area contributed by atoms with Crippen LogP contribution in [0.4, 0.5) is 0 Å². The van der Waals surface area contributed by atoms with Crippen molar-refractivity contribution in [2.75, 3.05) is 19.6 Å². The molecule has 0 radical (unpaired) electrons. The van der Waals surface area contributed by atoms with E-state index in [0.29, 0.717) is 0 Å². The number of rotatable bonds is 4. The Morgan fingerprint density at radius 1 is 1.32 bits per heavy atom. The number of aryl methyl sites for hydroxylation is 2. The Morgan fingerprint density at radius 3 is 2.74 bits per heavy atom. The highest BCUT2D eigenvalue weighted by Gasteiger charge is 2.20. The zero-order chi connectivity index (χ0) is 13.7. The smallest absolute Gasteiger partial charge is 0.223 e. The van der Waals surface area contributed by atoms with Crippen molar-refractivity contribution in [3.05, 3.63) is 34.9 Å². The molecule has 3 nitrogen and oxygen atoms in total. The first-order valence-electron chi connectivity index (χ1n) is 7.21. The Labute approximate surface area is 115 Å². The molecule has 19 heavy (non-hydrogen) atoms. The molecule has 0 saturated carbocycles. The summed E-state index contributed by atoms with van der Waals surface area (Å²) in [6.45, 7) is 6.92. The van der Waals surface area contributed by atoms with Crippen LogP contribution in [0.25, 0.3) is 0 Å². The minimum Gasteiger partial charge on any atom is -0.356 e. The van der Waals surface area contributed by atoms with E-state index in [1.807, 2.05) is 0 Å². The highest BCUT2D eigenvalue weighted by Crippen LogP contribution is 2.12. The molecule has 1 aliphatic heterocycles. The van der Waals surface area contributed by atoms with E-state index < -0.39 is 0 Å². The van der Waals surface area contributed by atoms with Gasteiger partial charge in [0.1, 0.15) is 0 Å². The second-order valence-electron chi connectivity index (χ2n) is 5.50.